The Morgan fingerprint density at radius 2 is 2.19 bits per heavy atom. The van der Waals surface area contributed by atoms with Crippen LogP contribution < -0.4 is 4.74 Å². The van der Waals surface area contributed by atoms with Crippen molar-refractivity contribution in [1.82, 2.24) is 0 Å². The highest BCUT2D eigenvalue weighted by Crippen LogP contribution is 2.29. The van der Waals surface area contributed by atoms with Gasteiger partial charge in [-0.2, -0.15) is 5.26 Å². The SMILES string of the molecule is COc1cc(O)c(C#N)cc1CS(=O)(=O)Cl. The Bertz CT molecular complexity index is 547. The third-order valence-corrected chi connectivity index (χ3v) is 2.83. The lowest BCUT2D eigenvalue weighted by molar-refractivity contribution is 0.403. The number of methoxy groups -OCH3 is 1. The van der Waals surface area contributed by atoms with Crippen LogP contribution in [-0.2, 0) is 14.8 Å². The molecule has 16 heavy (non-hydrogen) atoms. The van der Waals surface area contributed by atoms with Crippen LogP contribution in [0.3, 0.4) is 0 Å². The molecule has 0 bridgehead atoms. The van der Waals surface area contributed by atoms with Gasteiger partial charge in [0.2, 0.25) is 9.05 Å². The summed E-state index contributed by atoms with van der Waals surface area (Å²) in [5.41, 5.74) is 0.197. The number of phenolic OH excluding ortho intramolecular Hbond substituents is 1. The molecule has 0 saturated carbocycles. The molecule has 1 aromatic carbocycles. The molecule has 0 aliphatic heterocycles. The van der Waals surface area contributed by atoms with E-state index in [1.165, 1.54) is 19.2 Å². The summed E-state index contributed by atoms with van der Waals surface area (Å²) in [6, 6.07) is 4.14. The number of aromatic hydroxyl groups is 1. The predicted octanol–water partition coefficient (Wildman–Crippen LogP) is 1.34. The largest absolute Gasteiger partial charge is 0.506 e. The first-order valence-corrected chi connectivity index (χ1v) is 6.57. The van der Waals surface area contributed by atoms with Crippen LogP contribution in [0.5, 0.6) is 11.5 Å². The monoisotopic (exact) mass is 261 g/mol. The summed E-state index contributed by atoms with van der Waals surface area (Å²) in [4.78, 5) is 0. The zero-order valence-electron chi connectivity index (χ0n) is 8.27. The van der Waals surface area contributed by atoms with Gasteiger partial charge in [0.1, 0.15) is 17.6 Å². The Morgan fingerprint density at radius 1 is 1.56 bits per heavy atom. The van der Waals surface area contributed by atoms with E-state index in [1.54, 1.807) is 6.07 Å². The summed E-state index contributed by atoms with van der Waals surface area (Å²) in [6.07, 6.45) is 0. The molecule has 1 N–H and O–H groups in total. The van der Waals surface area contributed by atoms with Crippen LogP contribution in [0.15, 0.2) is 12.1 Å². The maximum Gasteiger partial charge on any atom is 0.236 e. The van der Waals surface area contributed by atoms with Crippen LogP contribution >= 0.6 is 10.7 Å². The molecule has 0 heterocycles. The van der Waals surface area contributed by atoms with E-state index in [0.29, 0.717) is 0 Å². The molecule has 1 aromatic rings. The normalized spacial score (nSPS) is 10.8. The molecule has 0 unspecified atom stereocenters. The smallest absolute Gasteiger partial charge is 0.236 e. The highest BCUT2D eigenvalue weighted by molar-refractivity contribution is 8.13. The van der Waals surface area contributed by atoms with E-state index in [1.807, 2.05) is 0 Å². The van der Waals surface area contributed by atoms with Crippen LogP contribution in [-0.4, -0.2) is 20.6 Å². The van der Waals surface area contributed by atoms with E-state index in [9.17, 15) is 13.5 Å². The summed E-state index contributed by atoms with van der Waals surface area (Å²) in [6.45, 7) is 0. The molecule has 0 aliphatic carbocycles. The van der Waals surface area contributed by atoms with Crippen LogP contribution in [0.2, 0.25) is 0 Å². The summed E-state index contributed by atoms with van der Waals surface area (Å²) in [7, 11) is 2.68. The van der Waals surface area contributed by atoms with E-state index >= 15 is 0 Å². The Hall–Kier alpha value is -1.45. The van der Waals surface area contributed by atoms with Crippen molar-refractivity contribution in [1.29, 1.82) is 5.26 Å². The second-order valence-electron chi connectivity index (χ2n) is 2.98. The fourth-order valence-corrected chi connectivity index (χ4v) is 2.14. The predicted molar refractivity (Wildman–Crippen MR) is 57.9 cm³/mol. The van der Waals surface area contributed by atoms with Crippen molar-refractivity contribution in [2.24, 2.45) is 0 Å². The van der Waals surface area contributed by atoms with Gasteiger partial charge in [0.25, 0.3) is 0 Å². The molecular weight excluding hydrogens is 254 g/mol. The van der Waals surface area contributed by atoms with Gasteiger partial charge in [0, 0.05) is 22.3 Å². The number of hydrogen-bond acceptors (Lipinski definition) is 5. The van der Waals surface area contributed by atoms with E-state index < -0.39 is 14.8 Å². The van der Waals surface area contributed by atoms with E-state index in [-0.39, 0.29) is 22.6 Å². The van der Waals surface area contributed by atoms with Gasteiger partial charge in [-0.15, -0.1) is 0 Å². The van der Waals surface area contributed by atoms with Gasteiger partial charge in [-0.1, -0.05) is 0 Å². The Balaban J connectivity index is 3.32. The minimum Gasteiger partial charge on any atom is -0.506 e. The molecule has 7 heteroatoms. The molecule has 0 atom stereocenters. The number of phenols is 1. The second-order valence-corrected chi connectivity index (χ2v) is 5.75. The maximum atomic E-state index is 10.9. The van der Waals surface area contributed by atoms with Gasteiger partial charge in [0.15, 0.2) is 0 Å². The fraction of sp³-hybridized carbons (Fsp3) is 0.222. The van der Waals surface area contributed by atoms with Crippen molar-refractivity contribution >= 4 is 19.7 Å². The van der Waals surface area contributed by atoms with Gasteiger partial charge in [-0.05, 0) is 6.07 Å². The molecule has 0 spiro atoms. The summed E-state index contributed by atoms with van der Waals surface area (Å²) < 4.78 is 26.7. The van der Waals surface area contributed by atoms with Crippen LogP contribution in [0.1, 0.15) is 11.1 Å². The van der Waals surface area contributed by atoms with Crippen molar-refractivity contribution in [2.45, 2.75) is 5.75 Å². The number of hydrogen-bond donors (Lipinski definition) is 1. The minimum atomic E-state index is -3.75. The molecule has 0 saturated heterocycles. The summed E-state index contributed by atoms with van der Waals surface area (Å²) in [5, 5.41) is 18.0. The van der Waals surface area contributed by atoms with Gasteiger partial charge >= 0.3 is 0 Å². The summed E-state index contributed by atoms with van der Waals surface area (Å²) in [5.74, 6) is -0.567. The third kappa shape index (κ3) is 3.02. The molecule has 86 valence electrons. The van der Waals surface area contributed by atoms with Gasteiger partial charge in [-0.25, -0.2) is 8.42 Å². The van der Waals surface area contributed by atoms with Crippen molar-refractivity contribution < 1.29 is 18.3 Å². The highest BCUT2D eigenvalue weighted by atomic mass is 35.7. The molecule has 0 fully saturated rings. The first-order chi connectivity index (χ1) is 7.37. The highest BCUT2D eigenvalue weighted by Gasteiger charge is 2.15. The molecule has 0 aromatic heterocycles. The lowest BCUT2D eigenvalue weighted by Crippen LogP contribution is -1.99. The molecular formula is C9H8ClNO4S. The van der Waals surface area contributed by atoms with Crippen molar-refractivity contribution in [3.05, 3.63) is 23.3 Å². The van der Waals surface area contributed by atoms with E-state index in [0.717, 1.165) is 0 Å². The van der Waals surface area contributed by atoms with Crippen molar-refractivity contribution in [3.63, 3.8) is 0 Å². The molecule has 1 rings (SSSR count). The van der Waals surface area contributed by atoms with Gasteiger partial charge < -0.3 is 9.84 Å². The lowest BCUT2D eigenvalue weighted by atomic mass is 10.1. The van der Waals surface area contributed by atoms with Gasteiger partial charge in [-0.3, -0.25) is 0 Å². The maximum absolute atomic E-state index is 10.9. The molecule has 0 aliphatic rings. The quantitative estimate of drug-likeness (QED) is 0.830. The third-order valence-electron chi connectivity index (χ3n) is 1.85. The van der Waals surface area contributed by atoms with Crippen molar-refractivity contribution in [3.8, 4) is 17.6 Å². The first-order valence-electron chi connectivity index (χ1n) is 4.09. The zero-order chi connectivity index (χ0) is 12.3. The van der Waals surface area contributed by atoms with Gasteiger partial charge in [0.05, 0.1) is 18.4 Å². The van der Waals surface area contributed by atoms with Crippen molar-refractivity contribution in [2.75, 3.05) is 7.11 Å². The zero-order valence-corrected chi connectivity index (χ0v) is 9.84. The number of nitriles is 1. The Labute approximate surface area is 97.3 Å². The standard InChI is InChI=1S/C9H8ClNO4S/c1-15-9-3-8(12)6(4-11)2-7(9)5-16(10,13)14/h2-3,12H,5H2,1H3. The lowest BCUT2D eigenvalue weighted by Gasteiger charge is -2.08. The van der Waals surface area contributed by atoms with Crippen LogP contribution in [0.25, 0.3) is 0 Å². The number of nitrogens with zero attached hydrogens (tertiary/aromatic N) is 1. The number of halogens is 1. The number of rotatable bonds is 3. The molecule has 0 radical (unpaired) electrons. The topological polar surface area (TPSA) is 87.4 Å². The Morgan fingerprint density at radius 3 is 2.62 bits per heavy atom. The minimum absolute atomic E-state index is 0.0314. The average Bonchev–Trinajstić information content (AvgIpc) is 2.18. The summed E-state index contributed by atoms with van der Waals surface area (Å²) >= 11 is 0. The number of ether oxygens (including phenoxy) is 1. The average molecular weight is 262 g/mol. The number of benzene rings is 1. The molecule has 0 amide bonds. The van der Waals surface area contributed by atoms with Crippen LogP contribution in [0.4, 0.5) is 0 Å². The van der Waals surface area contributed by atoms with Crippen LogP contribution in [0, 0.1) is 11.3 Å². The van der Waals surface area contributed by atoms with E-state index in [2.05, 4.69) is 0 Å². The second kappa shape index (κ2) is 4.60. The first kappa shape index (κ1) is 12.6. The molecule has 5 nitrogen and oxygen atoms in total. The Kier molecular flexibility index (Phi) is 3.62. The fourth-order valence-electron chi connectivity index (χ4n) is 1.19. The van der Waals surface area contributed by atoms with E-state index in [4.69, 9.17) is 20.7 Å².